The summed E-state index contributed by atoms with van der Waals surface area (Å²) >= 11 is 12.7. The lowest BCUT2D eigenvalue weighted by atomic mass is 10.1. The van der Waals surface area contributed by atoms with Crippen molar-refractivity contribution in [2.24, 2.45) is 5.73 Å². The van der Waals surface area contributed by atoms with Crippen LogP contribution in [0.1, 0.15) is 23.7 Å². The molecule has 0 amide bonds. The third-order valence-corrected chi connectivity index (χ3v) is 7.19. The Kier molecular flexibility index (Phi) is 5.35. The van der Waals surface area contributed by atoms with E-state index in [9.17, 15) is 8.42 Å². The number of hydrogen-bond donors (Lipinski definition) is 1. The molecule has 1 heterocycles. The predicted molar refractivity (Wildman–Crippen MR) is 111 cm³/mol. The van der Waals surface area contributed by atoms with E-state index in [4.69, 9.17) is 33.7 Å². The van der Waals surface area contributed by atoms with E-state index in [1.54, 1.807) is 30.3 Å². The summed E-state index contributed by atoms with van der Waals surface area (Å²) in [6.45, 7) is 1.73. The Bertz CT molecular complexity index is 995. The van der Waals surface area contributed by atoms with Gasteiger partial charge in [0.05, 0.1) is 10.9 Å². The van der Waals surface area contributed by atoms with Crippen molar-refractivity contribution in [2.45, 2.75) is 35.9 Å². The molecule has 8 heteroatoms. The molecule has 3 atom stereocenters. The molecule has 2 aliphatic rings. The first kappa shape index (κ1) is 20.0. The zero-order valence-electron chi connectivity index (χ0n) is 15.4. The molecule has 150 valence electrons. The Morgan fingerprint density at radius 1 is 1.18 bits per heavy atom. The first-order chi connectivity index (χ1) is 13.2. The van der Waals surface area contributed by atoms with Gasteiger partial charge in [0.15, 0.2) is 9.84 Å². The van der Waals surface area contributed by atoms with Crippen molar-refractivity contribution in [2.75, 3.05) is 19.3 Å². The maximum Gasteiger partial charge on any atom is 0.175 e. The second kappa shape index (κ2) is 7.50. The van der Waals surface area contributed by atoms with Gasteiger partial charge in [0.25, 0.3) is 0 Å². The van der Waals surface area contributed by atoms with E-state index in [-0.39, 0.29) is 23.1 Å². The van der Waals surface area contributed by atoms with Gasteiger partial charge in [-0.3, -0.25) is 4.90 Å². The predicted octanol–water partition coefficient (Wildman–Crippen LogP) is 3.47. The Hall–Kier alpha value is -1.31. The van der Waals surface area contributed by atoms with Gasteiger partial charge in [-0.05, 0) is 54.8 Å². The van der Waals surface area contributed by atoms with Crippen molar-refractivity contribution in [3.05, 3.63) is 57.6 Å². The van der Waals surface area contributed by atoms with Crippen LogP contribution in [0.5, 0.6) is 5.75 Å². The van der Waals surface area contributed by atoms with Crippen molar-refractivity contribution in [1.82, 2.24) is 4.90 Å². The Morgan fingerprint density at radius 2 is 1.89 bits per heavy atom. The largest absolute Gasteiger partial charge is 0.484 e. The normalized spacial score (nSPS) is 25.1. The molecule has 2 aromatic rings. The highest BCUT2D eigenvalue weighted by Gasteiger charge is 2.41. The monoisotopic (exact) mass is 440 g/mol. The van der Waals surface area contributed by atoms with Crippen LogP contribution in [0, 0.1) is 0 Å². The molecular formula is C20H22Cl2N2O3S. The number of rotatable bonds is 4. The summed E-state index contributed by atoms with van der Waals surface area (Å²) in [5, 5.41) is 1.22. The number of fused-ring (bicyclic) bond motifs is 1. The molecule has 0 spiro atoms. The van der Waals surface area contributed by atoms with Crippen LogP contribution in [-0.4, -0.2) is 44.7 Å². The zero-order valence-corrected chi connectivity index (χ0v) is 17.8. The summed E-state index contributed by atoms with van der Waals surface area (Å²) in [4.78, 5) is 2.62. The molecule has 1 fully saturated rings. The fraction of sp³-hybridized carbons (Fsp3) is 0.400. The van der Waals surface area contributed by atoms with Gasteiger partial charge < -0.3 is 10.5 Å². The van der Waals surface area contributed by atoms with E-state index in [0.717, 1.165) is 37.1 Å². The molecule has 0 bridgehead atoms. The van der Waals surface area contributed by atoms with Gasteiger partial charge in [0.2, 0.25) is 0 Å². The molecule has 0 aromatic heterocycles. The lowest BCUT2D eigenvalue weighted by Gasteiger charge is -2.30. The minimum Gasteiger partial charge on any atom is -0.484 e. The van der Waals surface area contributed by atoms with Gasteiger partial charge in [0.1, 0.15) is 11.9 Å². The van der Waals surface area contributed by atoms with E-state index < -0.39 is 9.84 Å². The van der Waals surface area contributed by atoms with Gasteiger partial charge in [-0.15, -0.1) is 0 Å². The lowest BCUT2D eigenvalue weighted by Crippen LogP contribution is -2.40. The number of likely N-dealkylation sites (tertiary alicyclic amines) is 1. The fourth-order valence-corrected chi connectivity index (χ4v) is 5.32. The van der Waals surface area contributed by atoms with Crippen molar-refractivity contribution < 1.29 is 13.2 Å². The van der Waals surface area contributed by atoms with E-state index in [0.29, 0.717) is 15.8 Å². The summed E-state index contributed by atoms with van der Waals surface area (Å²) in [5.74, 6) is 0.606. The zero-order chi connectivity index (χ0) is 20.1. The molecule has 2 aromatic carbocycles. The molecule has 1 saturated heterocycles. The molecule has 2 N–H and O–H groups in total. The number of nitrogens with zero attached hydrogens (tertiary/aromatic N) is 1. The average molecular weight is 441 g/mol. The van der Waals surface area contributed by atoms with Gasteiger partial charge in [-0.1, -0.05) is 23.2 Å². The summed E-state index contributed by atoms with van der Waals surface area (Å²) in [6.07, 6.45) is 2.66. The number of benzene rings is 2. The van der Waals surface area contributed by atoms with Crippen LogP contribution < -0.4 is 10.5 Å². The van der Waals surface area contributed by atoms with Gasteiger partial charge in [-0.25, -0.2) is 8.42 Å². The quantitative estimate of drug-likeness (QED) is 0.787. The molecule has 1 aliphatic heterocycles. The standard InChI is InChI=1S/C20H22Cl2N2O3S/c1-28(25,26)15-4-2-14(3-5-15)27-20-17-8-12(21)9-18(22)16(17)10-19(20)24-7-6-13(23)11-24/h2-5,8-9,13,19-20H,6-7,10-11,23H2,1H3/t13?,19-,20-/m0/s1. The third-order valence-electron chi connectivity index (χ3n) is 5.50. The summed E-state index contributed by atoms with van der Waals surface area (Å²) in [7, 11) is -3.25. The van der Waals surface area contributed by atoms with Crippen LogP contribution in [0.15, 0.2) is 41.3 Å². The molecule has 28 heavy (non-hydrogen) atoms. The number of nitrogens with two attached hydrogens (primary N) is 1. The number of sulfone groups is 1. The summed E-state index contributed by atoms with van der Waals surface area (Å²) < 4.78 is 29.7. The molecule has 5 nitrogen and oxygen atoms in total. The van der Waals surface area contributed by atoms with Crippen LogP contribution in [0.2, 0.25) is 10.0 Å². The summed E-state index contributed by atoms with van der Waals surface area (Å²) in [6, 6.07) is 10.4. The van der Waals surface area contributed by atoms with E-state index in [1.807, 2.05) is 6.07 Å². The van der Waals surface area contributed by atoms with Crippen LogP contribution in [0.3, 0.4) is 0 Å². The van der Waals surface area contributed by atoms with Gasteiger partial charge >= 0.3 is 0 Å². The average Bonchev–Trinajstić information content (AvgIpc) is 3.19. The fourth-order valence-electron chi connectivity index (χ4n) is 4.11. The number of ether oxygens (including phenoxy) is 1. The minimum atomic E-state index is -3.25. The Labute approximate surface area is 175 Å². The van der Waals surface area contributed by atoms with Crippen LogP contribution in [-0.2, 0) is 16.3 Å². The molecule has 1 unspecified atom stereocenters. The first-order valence-electron chi connectivity index (χ1n) is 9.16. The van der Waals surface area contributed by atoms with E-state index in [2.05, 4.69) is 4.90 Å². The number of hydrogen-bond acceptors (Lipinski definition) is 5. The second-order valence-corrected chi connectivity index (χ2v) is 10.4. The van der Waals surface area contributed by atoms with Crippen molar-refractivity contribution in [3.8, 4) is 5.75 Å². The highest BCUT2D eigenvalue weighted by atomic mass is 35.5. The molecule has 4 rings (SSSR count). The van der Waals surface area contributed by atoms with Crippen molar-refractivity contribution >= 4 is 33.0 Å². The highest BCUT2D eigenvalue weighted by Crippen LogP contribution is 2.43. The van der Waals surface area contributed by atoms with Crippen LogP contribution in [0.4, 0.5) is 0 Å². The second-order valence-electron chi connectivity index (χ2n) is 7.55. The van der Waals surface area contributed by atoms with Gasteiger partial charge in [0, 0.05) is 41.0 Å². The topological polar surface area (TPSA) is 72.6 Å². The highest BCUT2D eigenvalue weighted by molar-refractivity contribution is 7.90. The summed E-state index contributed by atoms with van der Waals surface area (Å²) in [5.41, 5.74) is 8.15. The number of halogens is 2. The third kappa shape index (κ3) is 3.89. The molecular weight excluding hydrogens is 419 g/mol. The van der Waals surface area contributed by atoms with Crippen LogP contribution >= 0.6 is 23.2 Å². The Morgan fingerprint density at radius 3 is 2.50 bits per heavy atom. The van der Waals surface area contributed by atoms with E-state index >= 15 is 0 Å². The lowest BCUT2D eigenvalue weighted by molar-refractivity contribution is 0.0932. The maximum absolute atomic E-state index is 11.7. The van der Waals surface area contributed by atoms with Crippen LogP contribution in [0.25, 0.3) is 0 Å². The first-order valence-corrected chi connectivity index (χ1v) is 11.8. The smallest absolute Gasteiger partial charge is 0.175 e. The maximum atomic E-state index is 11.7. The van der Waals surface area contributed by atoms with Crippen molar-refractivity contribution in [1.29, 1.82) is 0 Å². The Balaban J connectivity index is 1.67. The van der Waals surface area contributed by atoms with Crippen molar-refractivity contribution in [3.63, 3.8) is 0 Å². The molecule has 0 saturated carbocycles. The SMILES string of the molecule is CS(=O)(=O)c1ccc(O[C@H]2c3cc(Cl)cc(Cl)c3C[C@@H]2N2CCC(N)C2)cc1. The molecule has 0 radical (unpaired) electrons. The van der Waals surface area contributed by atoms with Gasteiger partial charge in [-0.2, -0.15) is 0 Å². The van der Waals surface area contributed by atoms with E-state index in [1.165, 1.54) is 6.26 Å². The molecule has 1 aliphatic carbocycles. The minimum absolute atomic E-state index is 0.106.